The summed E-state index contributed by atoms with van der Waals surface area (Å²) in [5.41, 5.74) is 1.05. The first kappa shape index (κ1) is 25.7. The van der Waals surface area contributed by atoms with Crippen LogP contribution in [0, 0.1) is 34.5 Å². The minimum atomic E-state index is 0.525. The first-order valence-electron chi connectivity index (χ1n) is 10.7. The highest BCUT2D eigenvalue weighted by Gasteiger charge is 2.34. The second-order valence-corrected chi connectivity index (χ2v) is 12.1. The topological polar surface area (TPSA) is 0 Å². The molecule has 2 heteroatoms. The van der Waals surface area contributed by atoms with Crippen molar-refractivity contribution in [2.75, 3.05) is 16.6 Å². The fourth-order valence-electron chi connectivity index (χ4n) is 4.41. The third-order valence-corrected chi connectivity index (χ3v) is 9.32. The number of rotatable bonds is 14. The van der Waals surface area contributed by atoms with Crippen molar-refractivity contribution in [1.82, 2.24) is 0 Å². The van der Waals surface area contributed by atoms with Gasteiger partial charge in [-0.3, -0.25) is 0 Å². The molecular formula is C23H48S2. The van der Waals surface area contributed by atoms with Crippen molar-refractivity contribution in [2.24, 2.45) is 34.5 Å². The molecule has 0 saturated heterocycles. The lowest BCUT2D eigenvalue weighted by Gasteiger charge is -2.39. The van der Waals surface area contributed by atoms with E-state index in [0.29, 0.717) is 10.8 Å². The van der Waals surface area contributed by atoms with Gasteiger partial charge in [0, 0.05) is 5.08 Å². The monoisotopic (exact) mass is 388 g/mol. The van der Waals surface area contributed by atoms with Crippen molar-refractivity contribution in [2.45, 2.75) is 94.9 Å². The summed E-state index contributed by atoms with van der Waals surface area (Å²) in [6, 6.07) is 0. The number of thioether (sulfide) groups is 2. The first-order chi connectivity index (χ1) is 11.5. The van der Waals surface area contributed by atoms with E-state index in [-0.39, 0.29) is 0 Å². The van der Waals surface area contributed by atoms with Gasteiger partial charge in [0.25, 0.3) is 0 Å². The van der Waals surface area contributed by atoms with Gasteiger partial charge in [0.1, 0.15) is 0 Å². The highest BCUT2D eigenvalue weighted by molar-refractivity contribution is 8.16. The van der Waals surface area contributed by atoms with Gasteiger partial charge in [0.05, 0.1) is 0 Å². The van der Waals surface area contributed by atoms with Gasteiger partial charge in [0.15, 0.2) is 0 Å². The Balaban J connectivity index is 4.62. The van der Waals surface area contributed by atoms with E-state index in [9.17, 15) is 0 Å². The zero-order valence-corrected chi connectivity index (χ0v) is 20.7. The SMILES string of the molecule is CCC(CSCSCC(CC)(CC(C)C)C(C)C)(CC(C)C)C(C)C. The molecule has 0 amide bonds. The normalized spacial score (nSPS) is 17.5. The molecule has 0 bridgehead atoms. The lowest BCUT2D eigenvalue weighted by Crippen LogP contribution is -2.32. The molecule has 0 aliphatic rings. The average Bonchev–Trinajstić information content (AvgIpc) is 2.50. The van der Waals surface area contributed by atoms with Gasteiger partial charge in [-0.25, -0.2) is 0 Å². The van der Waals surface area contributed by atoms with Crippen molar-refractivity contribution < 1.29 is 0 Å². The van der Waals surface area contributed by atoms with Crippen LogP contribution in [0.2, 0.25) is 0 Å². The molecule has 152 valence electrons. The summed E-state index contributed by atoms with van der Waals surface area (Å²) in [7, 11) is 0. The van der Waals surface area contributed by atoms with Crippen LogP contribution in [0.5, 0.6) is 0 Å². The standard InChI is InChI=1S/C23H48S2/c1-11-22(20(7)8,13-18(3)4)15-24-17-25-16-23(12-2,21(9)10)14-19(5)6/h18-21H,11-17H2,1-10H3. The molecule has 0 aromatic heterocycles. The lowest BCUT2D eigenvalue weighted by molar-refractivity contribution is 0.171. The molecule has 2 atom stereocenters. The van der Waals surface area contributed by atoms with Crippen LogP contribution < -0.4 is 0 Å². The van der Waals surface area contributed by atoms with Crippen molar-refractivity contribution in [3.63, 3.8) is 0 Å². The summed E-state index contributed by atoms with van der Waals surface area (Å²) in [6.07, 6.45) is 5.38. The van der Waals surface area contributed by atoms with Gasteiger partial charge in [-0.15, -0.1) is 0 Å². The Labute approximate surface area is 169 Å². The maximum Gasteiger partial charge on any atom is 0.0392 e. The third-order valence-electron chi connectivity index (χ3n) is 6.43. The second-order valence-electron chi connectivity index (χ2n) is 9.75. The van der Waals surface area contributed by atoms with Gasteiger partial charge in [-0.2, -0.15) is 23.5 Å². The fourth-order valence-corrected chi connectivity index (χ4v) is 7.67. The van der Waals surface area contributed by atoms with Crippen molar-refractivity contribution >= 4 is 23.5 Å². The Hall–Kier alpha value is 0.700. The molecule has 0 aliphatic carbocycles. The Morgan fingerprint density at radius 2 is 0.920 bits per heavy atom. The van der Waals surface area contributed by atoms with Crippen LogP contribution in [-0.4, -0.2) is 16.6 Å². The minimum absolute atomic E-state index is 0.525. The Bertz CT molecular complexity index is 303. The lowest BCUT2D eigenvalue weighted by atomic mass is 9.71. The quantitative estimate of drug-likeness (QED) is 0.216. The minimum Gasteiger partial charge on any atom is -0.150 e. The van der Waals surface area contributed by atoms with Crippen LogP contribution in [0.4, 0.5) is 0 Å². The van der Waals surface area contributed by atoms with E-state index in [0.717, 1.165) is 23.7 Å². The smallest absolute Gasteiger partial charge is 0.0392 e. The summed E-state index contributed by atoms with van der Waals surface area (Å²) in [5, 5.41) is 1.26. The Kier molecular flexibility index (Phi) is 12.6. The molecule has 0 spiro atoms. The van der Waals surface area contributed by atoms with Gasteiger partial charge in [-0.05, 0) is 71.7 Å². The van der Waals surface area contributed by atoms with E-state index < -0.39 is 0 Å². The molecule has 2 unspecified atom stereocenters. The van der Waals surface area contributed by atoms with Crippen molar-refractivity contribution in [3.05, 3.63) is 0 Å². The molecule has 0 aromatic carbocycles. The Morgan fingerprint density at radius 1 is 0.600 bits per heavy atom. The van der Waals surface area contributed by atoms with Gasteiger partial charge >= 0.3 is 0 Å². The Morgan fingerprint density at radius 3 is 1.12 bits per heavy atom. The zero-order valence-electron chi connectivity index (χ0n) is 19.1. The van der Waals surface area contributed by atoms with E-state index in [1.807, 2.05) is 0 Å². The molecule has 0 rings (SSSR count). The largest absolute Gasteiger partial charge is 0.150 e. The van der Waals surface area contributed by atoms with Gasteiger partial charge in [-0.1, -0.05) is 69.2 Å². The van der Waals surface area contributed by atoms with Crippen LogP contribution in [0.3, 0.4) is 0 Å². The average molecular weight is 389 g/mol. The summed E-state index contributed by atoms with van der Waals surface area (Å²) in [4.78, 5) is 0. The van der Waals surface area contributed by atoms with Crippen LogP contribution >= 0.6 is 23.5 Å². The second kappa shape index (κ2) is 12.2. The highest BCUT2D eigenvalue weighted by Crippen LogP contribution is 2.44. The molecule has 0 saturated carbocycles. The van der Waals surface area contributed by atoms with Gasteiger partial charge in [0.2, 0.25) is 0 Å². The molecule has 0 nitrogen and oxygen atoms in total. The summed E-state index contributed by atoms with van der Waals surface area (Å²) < 4.78 is 0. The van der Waals surface area contributed by atoms with Crippen molar-refractivity contribution in [1.29, 1.82) is 0 Å². The molecular weight excluding hydrogens is 340 g/mol. The zero-order chi connectivity index (χ0) is 19.7. The van der Waals surface area contributed by atoms with E-state index in [1.165, 1.54) is 42.3 Å². The van der Waals surface area contributed by atoms with E-state index in [1.54, 1.807) is 0 Å². The van der Waals surface area contributed by atoms with Crippen molar-refractivity contribution in [3.8, 4) is 0 Å². The molecule has 0 fully saturated rings. The molecule has 0 radical (unpaired) electrons. The van der Waals surface area contributed by atoms with E-state index in [2.05, 4.69) is 92.8 Å². The van der Waals surface area contributed by atoms with Crippen LogP contribution in [0.15, 0.2) is 0 Å². The molecule has 25 heavy (non-hydrogen) atoms. The molecule has 0 heterocycles. The third kappa shape index (κ3) is 8.50. The summed E-state index contributed by atoms with van der Waals surface area (Å²) in [6.45, 7) is 24.1. The molecule has 0 aromatic rings. The molecule has 0 N–H and O–H groups in total. The molecule has 0 aliphatic heterocycles. The maximum absolute atomic E-state index is 2.43. The number of hydrogen-bond donors (Lipinski definition) is 0. The summed E-state index contributed by atoms with van der Waals surface area (Å²) in [5.74, 6) is 5.83. The fraction of sp³-hybridized carbons (Fsp3) is 1.00. The van der Waals surface area contributed by atoms with Crippen LogP contribution in [-0.2, 0) is 0 Å². The van der Waals surface area contributed by atoms with Crippen LogP contribution in [0.25, 0.3) is 0 Å². The van der Waals surface area contributed by atoms with Gasteiger partial charge < -0.3 is 0 Å². The predicted molar refractivity (Wildman–Crippen MR) is 124 cm³/mol. The van der Waals surface area contributed by atoms with E-state index >= 15 is 0 Å². The first-order valence-corrected chi connectivity index (χ1v) is 13.0. The van der Waals surface area contributed by atoms with E-state index in [4.69, 9.17) is 0 Å². The predicted octanol–water partition coefficient (Wildman–Crippen LogP) is 8.61. The maximum atomic E-state index is 2.43. The highest BCUT2D eigenvalue weighted by atomic mass is 32.2. The summed E-state index contributed by atoms with van der Waals surface area (Å²) >= 11 is 4.40. The number of hydrogen-bond acceptors (Lipinski definition) is 2. The van der Waals surface area contributed by atoms with Crippen LogP contribution in [0.1, 0.15) is 94.9 Å².